The first-order chi connectivity index (χ1) is 9.13. The van der Waals surface area contributed by atoms with Gasteiger partial charge in [-0.25, -0.2) is 4.39 Å². The normalized spacial score (nSPS) is 12.6. The van der Waals surface area contributed by atoms with Gasteiger partial charge in [0.15, 0.2) is 0 Å². The molecule has 0 bridgehead atoms. The minimum Gasteiger partial charge on any atom is -0.464 e. The summed E-state index contributed by atoms with van der Waals surface area (Å²) in [6, 6.07) is 8.45. The van der Waals surface area contributed by atoms with E-state index in [1.165, 1.54) is 0 Å². The minimum atomic E-state index is -0.396. The van der Waals surface area contributed by atoms with Crippen molar-refractivity contribution in [1.82, 2.24) is 5.32 Å². The van der Waals surface area contributed by atoms with Crippen molar-refractivity contribution in [3.8, 4) is 0 Å². The Morgan fingerprint density at radius 2 is 2.11 bits per heavy atom. The number of furan rings is 1. The van der Waals surface area contributed by atoms with E-state index in [1.54, 1.807) is 18.2 Å². The number of benzene rings is 1. The number of hydrogen-bond donors (Lipinski definition) is 1. The van der Waals surface area contributed by atoms with E-state index >= 15 is 0 Å². The summed E-state index contributed by atoms with van der Waals surface area (Å²) >= 11 is 5.85. The lowest BCUT2D eigenvalue weighted by Crippen LogP contribution is -2.23. The maximum absolute atomic E-state index is 14.2. The third kappa shape index (κ3) is 3.17. The van der Waals surface area contributed by atoms with E-state index in [2.05, 4.69) is 12.2 Å². The van der Waals surface area contributed by atoms with Crippen molar-refractivity contribution >= 4 is 11.6 Å². The quantitative estimate of drug-likeness (QED) is 0.875. The molecule has 0 spiro atoms. The Labute approximate surface area is 117 Å². The lowest BCUT2D eigenvalue weighted by Gasteiger charge is -2.18. The summed E-state index contributed by atoms with van der Waals surface area (Å²) in [6.07, 6.45) is 0.957. The molecule has 4 heteroatoms. The van der Waals surface area contributed by atoms with Gasteiger partial charge in [-0.2, -0.15) is 0 Å². The van der Waals surface area contributed by atoms with Crippen LogP contribution in [0.4, 0.5) is 4.39 Å². The Bertz CT molecular complexity index is 553. The Balaban J connectivity index is 2.39. The molecule has 1 atom stereocenters. The van der Waals surface area contributed by atoms with Crippen molar-refractivity contribution in [1.29, 1.82) is 0 Å². The van der Waals surface area contributed by atoms with Gasteiger partial charge in [-0.3, -0.25) is 0 Å². The first kappa shape index (κ1) is 14.1. The van der Waals surface area contributed by atoms with Crippen LogP contribution < -0.4 is 5.32 Å². The van der Waals surface area contributed by atoms with Crippen molar-refractivity contribution in [3.63, 3.8) is 0 Å². The number of nitrogens with one attached hydrogen (secondary N) is 1. The maximum Gasteiger partial charge on any atom is 0.147 e. The number of rotatable bonds is 5. The van der Waals surface area contributed by atoms with Gasteiger partial charge in [0.2, 0.25) is 0 Å². The molecule has 1 N–H and O–H groups in total. The first-order valence-electron chi connectivity index (χ1n) is 6.37. The molecule has 0 aliphatic carbocycles. The van der Waals surface area contributed by atoms with Crippen LogP contribution in [0.5, 0.6) is 0 Å². The molecule has 1 aromatic heterocycles. The summed E-state index contributed by atoms with van der Waals surface area (Å²) in [5, 5.41) is 3.42. The van der Waals surface area contributed by atoms with Crippen LogP contribution in [0.3, 0.4) is 0 Å². The first-order valence-corrected chi connectivity index (χ1v) is 6.75. The lowest BCUT2D eigenvalue weighted by atomic mass is 10.0. The topological polar surface area (TPSA) is 25.2 Å². The van der Waals surface area contributed by atoms with E-state index in [-0.39, 0.29) is 11.1 Å². The number of hydrogen-bond acceptors (Lipinski definition) is 2. The van der Waals surface area contributed by atoms with E-state index < -0.39 is 5.82 Å². The molecule has 2 rings (SSSR count). The van der Waals surface area contributed by atoms with E-state index in [0.717, 1.165) is 18.7 Å². The highest BCUT2D eigenvalue weighted by atomic mass is 35.5. The predicted octanol–water partition coefficient (Wildman–Crippen LogP) is 4.47. The van der Waals surface area contributed by atoms with Gasteiger partial charge in [-0.05, 0) is 38.1 Å². The predicted molar refractivity (Wildman–Crippen MR) is 75.0 cm³/mol. The minimum absolute atomic E-state index is 0.129. The van der Waals surface area contributed by atoms with Gasteiger partial charge in [0.05, 0.1) is 11.1 Å². The van der Waals surface area contributed by atoms with Crippen molar-refractivity contribution < 1.29 is 8.81 Å². The molecular formula is C15H17ClFNO. The Hall–Kier alpha value is -1.32. The lowest BCUT2D eigenvalue weighted by molar-refractivity contribution is 0.422. The highest BCUT2D eigenvalue weighted by molar-refractivity contribution is 6.30. The Morgan fingerprint density at radius 3 is 2.74 bits per heavy atom. The largest absolute Gasteiger partial charge is 0.464 e. The van der Waals surface area contributed by atoms with Gasteiger partial charge in [0, 0.05) is 5.56 Å². The van der Waals surface area contributed by atoms with Crippen molar-refractivity contribution in [2.45, 2.75) is 26.3 Å². The number of aryl methyl sites for hydroxylation is 1. The fourth-order valence-corrected chi connectivity index (χ4v) is 2.19. The van der Waals surface area contributed by atoms with E-state index in [1.807, 2.05) is 19.1 Å². The molecule has 0 amide bonds. The molecule has 102 valence electrons. The third-order valence-electron chi connectivity index (χ3n) is 2.94. The van der Waals surface area contributed by atoms with Gasteiger partial charge >= 0.3 is 0 Å². The van der Waals surface area contributed by atoms with Crippen LogP contribution in [-0.2, 0) is 0 Å². The summed E-state index contributed by atoms with van der Waals surface area (Å²) in [5.74, 6) is 1.11. The van der Waals surface area contributed by atoms with Gasteiger partial charge in [0.25, 0.3) is 0 Å². The van der Waals surface area contributed by atoms with Crippen LogP contribution in [0.2, 0.25) is 5.02 Å². The Morgan fingerprint density at radius 1 is 1.32 bits per heavy atom. The van der Waals surface area contributed by atoms with Crippen LogP contribution in [-0.4, -0.2) is 6.54 Å². The van der Waals surface area contributed by atoms with Crippen LogP contribution in [0.1, 0.15) is 36.5 Å². The zero-order valence-corrected chi connectivity index (χ0v) is 11.8. The third-order valence-corrected chi connectivity index (χ3v) is 3.23. The molecule has 1 unspecified atom stereocenters. The molecule has 0 radical (unpaired) electrons. The van der Waals surface area contributed by atoms with Gasteiger partial charge in [-0.15, -0.1) is 0 Å². The highest BCUT2D eigenvalue weighted by Crippen LogP contribution is 2.29. The van der Waals surface area contributed by atoms with Crippen LogP contribution in [0.25, 0.3) is 0 Å². The van der Waals surface area contributed by atoms with Crippen LogP contribution in [0, 0.1) is 12.7 Å². The molecule has 0 fully saturated rings. The second-order valence-corrected chi connectivity index (χ2v) is 4.89. The molecule has 1 aromatic carbocycles. The Kier molecular flexibility index (Phi) is 4.61. The van der Waals surface area contributed by atoms with E-state index in [4.69, 9.17) is 16.0 Å². The zero-order chi connectivity index (χ0) is 13.8. The summed E-state index contributed by atoms with van der Waals surface area (Å²) in [7, 11) is 0. The highest BCUT2D eigenvalue weighted by Gasteiger charge is 2.21. The average Bonchev–Trinajstić information content (AvgIpc) is 2.81. The standard InChI is InChI=1S/C15H17ClFNO/c1-3-9-18-15(13-8-7-10(2)19-13)11-5-4-6-12(16)14(11)17/h4-8,15,18H,3,9H2,1-2H3. The van der Waals surface area contributed by atoms with E-state index in [0.29, 0.717) is 11.3 Å². The molecule has 19 heavy (non-hydrogen) atoms. The molecule has 0 aliphatic rings. The fourth-order valence-electron chi connectivity index (χ4n) is 2.00. The smallest absolute Gasteiger partial charge is 0.147 e. The second-order valence-electron chi connectivity index (χ2n) is 4.48. The maximum atomic E-state index is 14.2. The van der Waals surface area contributed by atoms with Crippen LogP contribution >= 0.6 is 11.6 Å². The molecule has 0 saturated carbocycles. The van der Waals surface area contributed by atoms with E-state index in [9.17, 15) is 4.39 Å². The number of halogens is 2. The van der Waals surface area contributed by atoms with Crippen LogP contribution in [0.15, 0.2) is 34.7 Å². The molecule has 0 aliphatic heterocycles. The fraction of sp³-hybridized carbons (Fsp3) is 0.333. The summed E-state index contributed by atoms with van der Waals surface area (Å²) in [4.78, 5) is 0. The summed E-state index contributed by atoms with van der Waals surface area (Å²) in [5.41, 5.74) is 0.510. The summed E-state index contributed by atoms with van der Waals surface area (Å²) in [6.45, 7) is 4.71. The monoisotopic (exact) mass is 281 g/mol. The van der Waals surface area contributed by atoms with Crippen molar-refractivity contribution in [2.24, 2.45) is 0 Å². The van der Waals surface area contributed by atoms with Crippen molar-refractivity contribution in [3.05, 3.63) is 58.3 Å². The average molecular weight is 282 g/mol. The molecular weight excluding hydrogens is 265 g/mol. The summed E-state index contributed by atoms with van der Waals surface area (Å²) < 4.78 is 19.8. The molecule has 1 heterocycles. The van der Waals surface area contributed by atoms with Crippen molar-refractivity contribution in [2.75, 3.05) is 6.54 Å². The van der Waals surface area contributed by atoms with Gasteiger partial charge in [-0.1, -0.05) is 30.7 Å². The van der Waals surface area contributed by atoms with Gasteiger partial charge < -0.3 is 9.73 Å². The second kappa shape index (κ2) is 6.22. The zero-order valence-electron chi connectivity index (χ0n) is 11.0. The van der Waals surface area contributed by atoms with Gasteiger partial charge in [0.1, 0.15) is 17.3 Å². The molecule has 2 nitrogen and oxygen atoms in total. The molecule has 0 saturated heterocycles. The SMILES string of the molecule is CCCNC(c1ccc(C)o1)c1cccc(Cl)c1F. The molecule has 2 aromatic rings.